The van der Waals surface area contributed by atoms with Crippen LogP contribution in [0.15, 0.2) is 58.6 Å². The van der Waals surface area contributed by atoms with Gasteiger partial charge >= 0.3 is 5.24 Å². The number of carbonyl (C=O) groups is 1. The molecule has 5 nitrogen and oxygen atoms in total. The summed E-state index contributed by atoms with van der Waals surface area (Å²) in [6, 6.07) is 15.5. The number of carbonyl (C=O) groups excluding carboxylic acids is 1. The molecule has 1 atom stereocenters. The maximum Gasteiger partial charge on any atom is 0.307 e. The van der Waals surface area contributed by atoms with Gasteiger partial charge in [0.15, 0.2) is 0 Å². The zero-order valence-corrected chi connectivity index (χ0v) is 15.6. The maximum absolute atomic E-state index is 11.6. The molecule has 0 saturated carbocycles. The Bertz CT molecular complexity index is 911. The minimum atomic E-state index is -0.171. The molecule has 132 valence electrons. The number of thioether (sulfide) groups is 1. The van der Waals surface area contributed by atoms with E-state index in [1.165, 1.54) is 11.8 Å². The lowest BCUT2D eigenvalue weighted by Crippen LogP contribution is -2.27. The normalized spacial score (nSPS) is 19.5. The summed E-state index contributed by atoms with van der Waals surface area (Å²) in [6.07, 6.45) is 0.688. The summed E-state index contributed by atoms with van der Waals surface area (Å²) in [5.41, 5.74) is 2.89. The maximum atomic E-state index is 11.6. The molecular formula is C19H16ClN3O2S. The van der Waals surface area contributed by atoms with Crippen LogP contribution < -0.4 is 4.74 Å². The molecule has 7 heteroatoms. The molecule has 2 aromatic rings. The van der Waals surface area contributed by atoms with E-state index in [1.54, 1.807) is 7.11 Å². The van der Waals surface area contributed by atoms with Crippen LogP contribution in [0.1, 0.15) is 23.6 Å². The van der Waals surface area contributed by atoms with Gasteiger partial charge in [-0.3, -0.25) is 4.79 Å². The number of methoxy groups -OCH3 is 1. The molecule has 0 aromatic heterocycles. The number of halogens is 1. The van der Waals surface area contributed by atoms with Crippen LogP contribution in [0, 0.1) is 0 Å². The smallest absolute Gasteiger partial charge is 0.307 e. The second kappa shape index (κ2) is 7.13. The van der Waals surface area contributed by atoms with Crippen molar-refractivity contribution >= 4 is 40.1 Å². The minimum Gasteiger partial charge on any atom is -0.497 e. The van der Waals surface area contributed by atoms with Gasteiger partial charge in [0.25, 0.3) is 0 Å². The first-order chi connectivity index (χ1) is 12.7. The van der Waals surface area contributed by atoms with Crippen molar-refractivity contribution in [2.45, 2.75) is 12.5 Å². The van der Waals surface area contributed by atoms with Crippen LogP contribution in [0.4, 0.5) is 4.79 Å². The fourth-order valence-electron chi connectivity index (χ4n) is 3.11. The summed E-state index contributed by atoms with van der Waals surface area (Å²) < 4.78 is 5.25. The van der Waals surface area contributed by atoms with Gasteiger partial charge in [-0.05, 0) is 23.8 Å². The fraction of sp³-hybridized carbons (Fsp3) is 0.211. The van der Waals surface area contributed by atoms with Crippen LogP contribution in [-0.2, 0) is 0 Å². The topological polar surface area (TPSA) is 54.3 Å². The van der Waals surface area contributed by atoms with Crippen molar-refractivity contribution in [2.24, 2.45) is 10.1 Å². The number of rotatable bonds is 3. The summed E-state index contributed by atoms with van der Waals surface area (Å²) in [5, 5.41) is 7.13. The Labute approximate surface area is 160 Å². The molecule has 2 aliphatic heterocycles. The first-order valence-corrected chi connectivity index (χ1v) is 9.52. The Morgan fingerprint density at radius 1 is 1.19 bits per heavy atom. The van der Waals surface area contributed by atoms with Crippen molar-refractivity contribution in [1.82, 2.24) is 5.01 Å². The number of aliphatic imine (C=N–C) groups is 1. The van der Waals surface area contributed by atoms with E-state index < -0.39 is 0 Å². The summed E-state index contributed by atoms with van der Waals surface area (Å²) in [6.45, 7) is 0. The number of hydrogen-bond acceptors (Lipinski definition) is 5. The molecule has 0 fully saturated rings. The summed E-state index contributed by atoms with van der Waals surface area (Å²) in [4.78, 5) is 15.7. The third-order valence-corrected chi connectivity index (χ3v) is 5.48. The SMILES string of the molecule is COc1ccc(C2CC(c3ccccc3Cl)=NN2C2=NC(=O)SC2)cc1. The van der Waals surface area contributed by atoms with Crippen molar-refractivity contribution in [3.63, 3.8) is 0 Å². The molecule has 1 amide bonds. The number of hydrazone groups is 1. The van der Waals surface area contributed by atoms with Crippen molar-refractivity contribution in [3.8, 4) is 5.75 Å². The molecule has 0 saturated heterocycles. The van der Waals surface area contributed by atoms with Crippen molar-refractivity contribution < 1.29 is 9.53 Å². The largest absolute Gasteiger partial charge is 0.497 e. The first kappa shape index (κ1) is 17.1. The molecule has 0 bridgehead atoms. The van der Waals surface area contributed by atoms with Gasteiger partial charge in [-0.15, -0.1) is 0 Å². The quantitative estimate of drug-likeness (QED) is 0.764. The lowest BCUT2D eigenvalue weighted by molar-refractivity contribution is 0.267. The monoisotopic (exact) mass is 385 g/mol. The van der Waals surface area contributed by atoms with E-state index in [-0.39, 0.29) is 11.3 Å². The van der Waals surface area contributed by atoms with E-state index >= 15 is 0 Å². The number of ether oxygens (including phenoxy) is 1. The average molecular weight is 386 g/mol. The number of benzene rings is 2. The molecule has 26 heavy (non-hydrogen) atoms. The van der Waals surface area contributed by atoms with Gasteiger partial charge in [0, 0.05) is 17.0 Å². The van der Waals surface area contributed by atoms with E-state index in [1.807, 2.05) is 53.5 Å². The predicted octanol–water partition coefficient (Wildman–Crippen LogP) is 4.77. The second-order valence-electron chi connectivity index (χ2n) is 5.95. The highest BCUT2D eigenvalue weighted by Crippen LogP contribution is 2.36. The van der Waals surface area contributed by atoms with Gasteiger partial charge < -0.3 is 4.74 Å². The standard InChI is InChI=1S/C19H16ClN3O2S/c1-25-13-8-6-12(7-9-13)17-10-16(14-4-2-3-5-15(14)20)22-23(17)18-11-26-19(24)21-18/h2-9,17H,10-11H2,1H3. The van der Waals surface area contributed by atoms with E-state index in [9.17, 15) is 4.79 Å². The van der Waals surface area contributed by atoms with E-state index in [4.69, 9.17) is 21.4 Å². The first-order valence-electron chi connectivity index (χ1n) is 8.15. The highest BCUT2D eigenvalue weighted by Gasteiger charge is 2.34. The van der Waals surface area contributed by atoms with Crippen molar-refractivity contribution in [1.29, 1.82) is 0 Å². The number of amidine groups is 1. The summed E-state index contributed by atoms with van der Waals surface area (Å²) in [5.74, 6) is 2.02. The van der Waals surface area contributed by atoms with Gasteiger partial charge in [0.1, 0.15) is 11.6 Å². The molecule has 2 heterocycles. The summed E-state index contributed by atoms with van der Waals surface area (Å²) in [7, 11) is 1.64. The van der Waals surface area contributed by atoms with Gasteiger partial charge in [-0.25, -0.2) is 5.01 Å². The number of amides is 1. The van der Waals surface area contributed by atoms with Gasteiger partial charge in [-0.1, -0.05) is 53.7 Å². The lowest BCUT2D eigenvalue weighted by Gasteiger charge is -2.23. The Morgan fingerprint density at radius 2 is 1.96 bits per heavy atom. The minimum absolute atomic E-state index is 0.0302. The fourth-order valence-corrected chi connectivity index (χ4v) is 3.97. The molecule has 2 aromatic carbocycles. The molecule has 1 unspecified atom stereocenters. The van der Waals surface area contributed by atoms with Crippen molar-refractivity contribution in [3.05, 3.63) is 64.7 Å². The van der Waals surface area contributed by atoms with Crippen LogP contribution >= 0.6 is 23.4 Å². The van der Waals surface area contributed by atoms with Crippen LogP contribution in [0.5, 0.6) is 5.75 Å². The molecular weight excluding hydrogens is 370 g/mol. The van der Waals surface area contributed by atoms with E-state index in [0.29, 0.717) is 23.0 Å². The lowest BCUT2D eigenvalue weighted by atomic mass is 9.98. The Kier molecular flexibility index (Phi) is 4.70. The molecule has 4 rings (SSSR count). The Balaban J connectivity index is 1.72. The predicted molar refractivity (Wildman–Crippen MR) is 105 cm³/mol. The van der Waals surface area contributed by atoms with Crippen molar-refractivity contribution in [2.75, 3.05) is 12.9 Å². The second-order valence-corrected chi connectivity index (χ2v) is 7.28. The van der Waals surface area contributed by atoms with Crippen LogP contribution in [0.25, 0.3) is 0 Å². The molecule has 0 aliphatic carbocycles. The molecule has 0 spiro atoms. The highest BCUT2D eigenvalue weighted by molar-refractivity contribution is 8.14. The van der Waals surface area contributed by atoms with E-state index in [0.717, 1.165) is 22.6 Å². The third kappa shape index (κ3) is 3.22. The summed E-state index contributed by atoms with van der Waals surface area (Å²) >= 11 is 7.56. The zero-order chi connectivity index (χ0) is 18.1. The van der Waals surface area contributed by atoms with Crippen LogP contribution in [-0.4, -0.2) is 34.7 Å². The number of hydrogen-bond donors (Lipinski definition) is 0. The molecule has 0 N–H and O–H groups in total. The zero-order valence-electron chi connectivity index (χ0n) is 14.1. The van der Waals surface area contributed by atoms with Gasteiger partial charge in [0.2, 0.25) is 0 Å². The number of nitrogens with zero attached hydrogens (tertiary/aromatic N) is 3. The Morgan fingerprint density at radius 3 is 2.62 bits per heavy atom. The van der Waals surface area contributed by atoms with Crippen LogP contribution in [0.3, 0.4) is 0 Å². The third-order valence-electron chi connectivity index (χ3n) is 4.41. The van der Waals surface area contributed by atoms with E-state index in [2.05, 4.69) is 4.99 Å². The van der Waals surface area contributed by atoms with Crippen LogP contribution in [0.2, 0.25) is 5.02 Å². The highest BCUT2D eigenvalue weighted by atomic mass is 35.5. The van der Waals surface area contributed by atoms with Gasteiger partial charge in [-0.2, -0.15) is 10.1 Å². The van der Waals surface area contributed by atoms with Gasteiger partial charge in [0.05, 0.1) is 24.6 Å². The molecule has 0 radical (unpaired) electrons. The average Bonchev–Trinajstić information content (AvgIpc) is 3.28. The Hall–Kier alpha value is -2.31. The molecule has 2 aliphatic rings.